The van der Waals surface area contributed by atoms with Crippen LogP contribution in [0, 0.1) is 6.92 Å². The van der Waals surface area contributed by atoms with Crippen molar-refractivity contribution in [1.29, 1.82) is 0 Å². The van der Waals surface area contributed by atoms with Gasteiger partial charge in [-0.2, -0.15) is 0 Å². The molecule has 2 aromatic rings. The molecule has 1 aliphatic heterocycles. The average molecular weight is 271 g/mol. The molecule has 20 heavy (non-hydrogen) atoms. The van der Waals surface area contributed by atoms with E-state index in [1.165, 1.54) is 0 Å². The number of rotatable bonds is 3. The van der Waals surface area contributed by atoms with Gasteiger partial charge in [0.25, 0.3) is 0 Å². The van der Waals surface area contributed by atoms with Crippen molar-refractivity contribution in [2.24, 2.45) is 0 Å². The van der Waals surface area contributed by atoms with Crippen molar-refractivity contribution >= 4 is 5.91 Å². The highest BCUT2D eigenvalue weighted by molar-refractivity contribution is 5.78. The number of nitrogens with zero attached hydrogens (tertiary/aromatic N) is 1. The van der Waals surface area contributed by atoms with E-state index in [2.05, 4.69) is 15.3 Å². The van der Waals surface area contributed by atoms with E-state index in [1.807, 2.05) is 31.2 Å². The molecule has 0 saturated carbocycles. The van der Waals surface area contributed by atoms with E-state index in [4.69, 9.17) is 4.74 Å². The molecule has 1 unspecified atom stereocenters. The Balaban J connectivity index is 1.59. The highest BCUT2D eigenvalue weighted by Gasteiger charge is 2.21. The van der Waals surface area contributed by atoms with Gasteiger partial charge in [-0.05, 0) is 25.0 Å². The van der Waals surface area contributed by atoms with E-state index < -0.39 is 0 Å². The number of fused-ring (bicyclic) bond motifs is 1. The van der Waals surface area contributed by atoms with Gasteiger partial charge in [0.1, 0.15) is 12.4 Å². The van der Waals surface area contributed by atoms with E-state index in [-0.39, 0.29) is 11.9 Å². The maximum absolute atomic E-state index is 12.0. The third-order valence-corrected chi connectivity index (χ3v) is 3.51. The third-order valence-electron chi connectivity index (χ3n) is 3.51. The summed E-state index contributed by atoms with van der Waals surface area (Å²) in [6.07, 6.45) is 2.72. The molecule has 1 aromatic heterocycles. The smallest absolute Gasteiger partial charge is 0.226 e. The highest BCUT2D eigenvalue weighted by Crippen LogP contribution is 2.23. The number of para-hydroxylation sites is 1. The molecule has 1 aromatic carbocycles. The monoisotopic (exact) mass is 271 g/mol. The minimum absolute atomic E-state index is 0.0202. The molecule has 104 valence electrons. The molecule has 3 rings (SSSR count). The maximum Gasteiger partial charge on any atom is 0.226 e. The first-order valence-corrected chi connectivity index (χ1v) is 6.71. The van der Waals surface area contributed by atoms with Crippen LogP contribution in [0.1, 0.15) is 17.0 Å². The number of ether oxygens (including phenoxy) is 1. The number of aryl methyl sites for hydroxylation is 1. The minimum atomic E-state index is -0.0202. The zero-order valence-corrected chi connectivity index (χ0v) is 11.3. The van der Waals surface area contributed by atoms with Gasteiger partial charge in [0.05, 0.1) is 24.5 Å². The summed E-state index contributed by atoms with van der Waals surface area (Å²) < 4.78 is 5.66. The lowest BCUT2D eigenvalue weighted by molar-refractivity contribution is -0.121. The number of carbonyl (C=O) groups is 1. The summed E-state index contributed by atoms with van der Waals surface area (Å²) in [5.41, 5.74) is 2.87. The quantitative estimate of drug-likeness (QED) is 0.886. The normalized spacial score (nSPS) is 17.1. The fourth-order valence-electron chi connectivity index (χ4n) is 2.42. The number of H-pyrrole nitrogens is 1. The molecule has 2 heterocycles. The largest absolute Gasteiger partial charge is 0.491 e. The number of nitrogens with one attached hydrogen (secondary N) is 2. The van der Waals surface area contributed by atoms with Crippen LogP contribution in [-0.2, 0) is 17.6 Å². The highest BCUT2D eigenvalue weighted by atomic mass is 16.5. The Hall–Kier alpha value is -2.30. The van der Waals surface area contributed by atoms with Crippen molar-refractivity contribution in [3.63, 3.8) is 0 Å². The molecule has 1 atom stereocenters. The summed E-state index contributed by atoms with van der Waals surface area (Å²) in [6.45, 7) is 2.43. The van der Waals surface area contributed by atoms with Gasteiger partial charge in [-0.25, -0.2) is 4.98 Å². The maximum atomic E-state index is 12.0. The summed E-state index contributed by atoms with van der Waals surface area (Å²) in [4.78, 5) is 19.1. The number of imidazole rings is 1. The summed E-state index contributed by atoms with van der Waals surface area (Å²) in [5, 5.41) is 3.01. The first kappa shape index (κ1) is 12.7. The number of carbonyl (C=O) groups excluding carboxylic acids is 1. The summed E-state index contributed by atoms with van der Waals surface area (Å²) in [7, 11) is 0. The lowest BCUT2D eigenvalue weighted by atomic mass is 10.0. The van der Waals surface area contributed by atoms with E-state index in [0.717, 1.165) is 29.1 Å². The van der Waals surface area contributed by atoms with Crippen LogP contribution in [0.25, 0.3) is 0 Å². The van der Waals surface area contributed by atoms with Crippen molar-refractivity contribution in [2.75, 3.05) is 6.61 Å². The molecule has 0 spiro atoms. The lowest BCUT2D eigenvalue weighted by Crippen LogP contribution is -2.43. The SMILES string of the molecule is Cc1[nH]cnc1CC(=O)NC1COc2ccccc2C1. The number of aromatic amines is 1. The second kappa shape index (κ2) is 5.36. The van der Waals surface area contributed by atoms with Gasteiger partial charge in [0.2, 0.25) is 5.91 Å². The van der Waals surface area contributed by atoms with Crippen LogP contribution in [-0.4, -0.2) is 28.5 Å². The number of hydrogen-bond acceptors (Lipinski definition) is 3. The first-order valence-electron chi connectivity index (χ1n) is 6.71. The Bertz CT molecular complexity index is 621. The Kier molecular flexibility index (Phi) is 3.41. The molecule has 0 aliphatic carbocycles. The molecule has 1 amide bonds. The van der Waals surface area contributed by atoms with Crippen molar-refractivity contribution < 1.29 is 9.53 Å². The molecular weight excluding hydrogens is 254 g/mol. The Morgan fingerprint density at radius 1 is 1.50 bits per heavy atom. The fourth-order valence-corrected chi connectivity index (χ4v) is 2.42. The zero-order chi connectivity index (χ0) is 13.9. The van der Waals surface area contributed by atoms with Gasteiger partial charge in [0.15, 0.2) is 0 Å². The molecule has 0 radical (unpaired) electrons. The summed E-state index contributed by atoms with van der Waals surface area (Å²) >= 11 is 0. The van der Waals surface area contributed by atoms with Gasteiger partial charge >= 0.3 is 0 Å². The Morgan fingerprint density at radius 2 is 2.35 bits per heavy atom. The van der Waals surface area contributed by atoms with Gasteiger partial charge in [-0.1, -0.05) is 18.2 Å². The molecule has 2 N–H and O–H groups in total. The van der Waals surface area contributed by atoms with E-state index in [1.54, 1.807) is 6.33 Å². The molecule has 1 aliphatic rings. The van der Waals surface area contributed by atoms with Crippen molar-refractivity contribution in [3.8, 4) is 5.75 Å². The number of benzene rings is 1. The molecule has 0 fully saturated rings. The van der Waals surface area contributed by atoms with Crippen LogP contribution in [0.15, 0.2) is 30.6 Å². The fraction of sp³-hybridized carbons (Fsp3) is 0.333. The average Bonchev–Trinajstić information content (AvgIpc) is 2.84. The van der Waals surface area contributed by atoms with Crippen molar-refractivity contribution in [2.45, 2.75) is 25.8 Å². The topological polar surface area (TPSA) is 67.0 Å². The molecule has 5 heteroatoms. The lowest BCUT2D eigenvalue weighted by Gasteiger charge is -2.26. The molecule has 0 bridgehead atoms. The number of amides is 1. The second-order valence-corrected chi connectivity index (χ2v) is 5.04. The first-order chi connectivity index (χ1) is 9.72. The van der Waals surface area contributed by atoms with Crippen LogP contribution in [0.5, 0.6) is 5.75 Å². The molecule has 0 saturated heterocycles. The summed E-state index contributed by atoms with van der Waals surface area (Å²) in [5.74, 6) is 0.898. The van der Waals surface area contributed by atoms with Gasteiger partial charge in [-0.15, -0.1) is 0 Å². The van der Waals surface area contributed by atoms with Gasteiger partial charge in [-0.3, -0.25) is 4.79 Å². The minimum Gasteiger partial charge on any atom is -0.491 e. The number of hydrogen-bond donors (Lipinski definition) is 2. The van der Waals surface area contributed by atoms with Crippen molar-refractivity contribution in [1.82, 2.24) is 15.3 Å². The van der Waals surface area contributed by atoms with E-state index >= 15 is 0 Å². The van der Waals surface area contributed by atoms with Crippen LogP contribution in [0.4, 0.5) is 0 Å². The van der Waals surface area contributed by atoms with Crippen LogP contribution >= 0.6 is 0 Å². The van der Waals surface area contributed by atoms with Crippen LogP contribution < -0.4 is 10.1 Å². The predicted octanol–water partition coefficient (Wildman–Crippen LogP) is 1.38. The van der Waals surface area contributed by atoms with Gasteiger partial charge in [0, 0.05) is 5.69 Å². The van der Waals surface area contributed by atoms with E-state index in [0.29, 0.717) is 13.0 Å². The van der Waals surface area contributed by atoms with E-state index in [9.17, 15) is 4.79 Å². The standard InChI is InChI=1S/C15H17N3O2/c1-10-13(17-9-16-10)7-15(19)18-12-6-11-4-2-3-5-14(11)20-8-12/h2-5,9,12H,6-8H2,1H3,(H,16,17)(H,18,19). The van der Waals surface area contributed by atoms with Gasteiger partial charge < -0.3 is 15.0 Å². The summed E-state index contributed by atoms with van der Waals surface area (Å²) in [6, 6.07) is 7.96. The van der Waals surface area contributed by atoms with Crippen LogP contribution in [0.3, 0.4) is 0 Å². The van der Waals surface area contributed by atoms with Crippen LogP contribution in [0.2, 0.25) is 0 Å². The zero-order valence-electron chi connectivity index (χ0n) is 11.3. The molecular formula is C15H17N3O2. The Morgan fingerprint density at radius 3 is 3.15 bits per heavy atom. The Labute approximate surface area is 117 Å². The molecule has 5 nitrogen and oxygen atoms in total. The predicted molar refractivity (Wildman–Crippen MR) is 74.6 cm³/mol. The van der Waals surface area contributed by atoms with Crippen molar-refractivity contribution in [3.05, 3.63) is 47.5 Å². The number of aromatic nitrogens is 2. The third kappa shape index (κ3) is 2.66. The second-order valence-electron chi connectivity index (χ2n) is 5.04.